The van der Waals surface area contributed by atoms with Crippen molar-refractivity contribution in [2.24, 2.45) is 0 Å². The van der Waals surface area contributed by atoms with Crippen LogP contribution in [-0.2, 0) is 0 Å². The minimum atomic E-state index is 1.16. The lowest BCUT2D eigenvalue weighted by Crippen LogP contribution is -1.95. The number of benzene rings is 9. The third kappa shape index (κ3) is 4.44. The van der Waals surface area contributed by atoms with Crippen LogP contribution in [0.1, 0.15) is 0 Å². The van der Waals surface area contributed by atoms with E-state index in [0.29, 0.717) is 0 Å². The van der Waals surface area contributed by atoms with Crippen LogP contribution >= 0.6 is 0 Å². The van der Waals surface area contributed by atoms with E-state index in [-0.39, 0.29) is 0 Å². The summed E-state index contributed by atoms with van der Waals surface area (Å²) >= 11 is 0. The van der Waals surface area contributed by atoms with E-state index in [4.69, 9.17) is 0 Å². The van der Waals surface area contributed by atoms with Crippen LogP contribution in [0.5, 0.6) is 0 Å². The third-order valence-corrected chi connectivity index (χ3v) is 11.6. The van der Waals surface area contributed by atoms with Crippen molar-refractivity contribution in [2.75, 3.05) is 0 Å². The largest absolute Gasteiger partial charge is 0.309 e. The molecule has 12 rings (SSSR count). The van der Waals surface area contributed by atoms with E-state index in [2.05, 4.69) is 214 Å². The Labute approximate surface area is 317 Å². The molecule has 55 heavy (non-hydrogen) atoms. The summed E-state index contributed by atoms with van der Waals surface area (Å²) in [5.41, 5.74) is 13.2. The van der Waals surface area contributed by atoms with Crippen LogP contribution in [0.3, 0.4) is 0 Å². The zero-order valence-corrected chi connectivity index (χ0v) is 29.9. The van der Waals surface area contributed by atoms with Crippen LogP contribution in [0.4, 0.5) is 0 Å². The van der Waals surface area contributed by atoms with E-state index in [1.54, 1.807) is 0 Å². The lowest BCUT2D eigenvalue weighted by Gasteiger charge is -2.11. The van der Waals surface area contributed by atoms with Gasteiger partial charge in [0, 0.05) is 49.4 Å². The maximum atomic E-state index is 2.43. The fourth-order valence-electron chi connectivity index (χ4n) is 9.13. The first-order chi connectivity index (χ1) is 27.3. The van der Waals surface area contributed by atoms with E-state index in [1.165, 1.54) is 98.7 Å². The van der Waals surface area contributed by atoms with Crippen LogP contribution in [0.15, 0.2) is 200 Å². The molecule has 0 N–H and O–H groups in total. The zero-order valence-electron chi connectivity index (χ0n) is 29.9. The van der Waals surface area contributed by atoms with Gasteiger partial charge in [-0.3, -0.25) is 0 Å². The smallest absolute Gasteiger partial charge is 0.0547 e. The fraction of sp³-hybridized carbons (Fsp3) is 0. The second-order valence-corrected chi connectivity index (χ2v) is 14.6. The molecule has 3 heteroatoms. The van der Waals surface area contributed by atoms with E-state index in [0.717, 1.165) is 5.69 Å². The average Bonchev–Trinajstić information content (AvgIpc) is 3.88. The van der Waals surface area contributed by atoms with Crippen molar-refractivity contribution in [2.45, 2.75) is 0 Å². The molecule has 0 saturated carbocycles. The molecule has 0 unspecified atom stereocenters. The Morgan fingerprint density at radius 2 is 0.636 bits per heavy atom. The fourth-order valence-corrected chi connectivity index (χ4v) is 9.13. The summed E-state index contributed by atoms with van der Waals surface area (Å²) in [7, 11) is 0. The van der Waals surface area contributed by atoms with Gasteiger partial charge in [-0.15, -0.1) is 0 Å². The predicted molar refractivity (Wildman–Crippen MR) is 232 cm³/mol. The summed E-state index contributed by atoms with van der Waals surface area (Å²) in [6.07, 6.45) is 0. The molecule has 0 aliphatic heterocycles. The summed E-state index contributed by atoms with van der Waals surface area (Å²) in [6.45, 7) is 0. The summed E-state index contributed by atoms with van der Waals surface area (Å²) in [4.78, 5) is 0. The van der Waals surface area contributed by atoms with Crippen molar-refractivity contribution in [3.8, 4) is 28.2 Å². The number of para-hydroxylation sites is 5. The van der Waals surface area contributed by atoms with E-state index >= 15 is 0 Å². The number of nitrogens with zero attached hydrogens (tertiary/aromatic N) is 3. The predicted octanol–water partition coefficient (Wildman–Crippen LogP) is 13.8. The standard InChI is InChI=1S/C52H33N3/c1-3-13-38(14-4-1)53-47-20-10-7-17-41(47)44-30-34(24-27-50(44)53)35-25-28-51-45(31-35)42-18-8-12-22-49(42)55(51)40-26-23-36-33-52-46(32-37(36)29-40)43-19-9-11-21-48(43)54(52)39-15-5-2-6-16-39/h1-33H. The zero-order chi connectivity index (χ0) is 36.0. The molecule has 0 radical (unpaired) electrons. The van der Waals surface area contributed by atoms with Gasteiger partial charge < -0.3 is 13.7 Å². The Kier molecular flexibility index (Phi) is 6.34. The van der Waals surface area contributed by atoms with E-state index in [1.807, 2.05) is 0 Å². The van der Waals surface area contributed by atoms with Crippen molar-refractivity contribution >= 4 is 76.2 Å². The molecule has 3 nitrogen and oxygen atoms in total. The van der Waals surface area contributed by atoms with Crippen LogP contribution in [0.25, 0.3) is 104 Å². The molecule has 0 amide bonds. The highest BCUT2D eigenvalue weighted by Gasteiger charge is 2.18. The number of hydrogen-bond donors (Lipinski definition) is 0. The van der Waals surface area contributed by atoms with Gasteiger partial charge in [0.1, 0.15) is 0 Å². The van der Waals surface area contributed by atoms with Crippen molar-refractivity contribution in [3.05, 3.63) is 200 Å². The van der Waals surface area contributed by atoms with Crippen LogP contribution in [-0.4, -0.2) is 13.7 Å². The quantitative estimate of drug-likeness (QED) is 0.174. The molecule has 256 valence electrons. The lowest BCUT2D eigenvalue weighted by atomic mass is 10.0. The Balaban J connectivity index is 1.02. The molecule has 0 aliphatic rings. The van der Waals surface area contributed by atoms with E-state index < -0.39 is 0 Å². The molecule has 9 aromatic carbocycles. The first-order valence-electron chi connectivity index (χ1n) is 18.9. The molecule has 12 aromatic rings. The van der Waals surface area contributed by atoms with Crippen molar-refractivity contribution in [1.29, 1.82) is 0 Å². The SMILES string of the molecule is c1ccc(-n2c3ccccc3c3cc(-c4ccc5c(c4)c4ccccc4n5-c4ccc5cc6c(cc5c4)c4ccccc4n6-c4ccccc4)ccc32)cc1. The van der Waals surface area contributed by atoms with Gasteiger partial charge in [-0.2, -0.15) is 0 Å². The summed E-state index contributed by atoms with van der Waals surface area (Å²) in [5.74, 6) is 0. The van der Waals surface area contributed by atoms with Crippen LogP contribution in [0, 0.1) is 0 Å². The monoisotopic (exact) mass is 699 g/mol. The van der Waals surface area contributed by atoms with Crippen molar-refractivity contribution < 1.29 is 0 Å². The summed E-state index contributed by atoms with van der Waals surface area (Å²) in [6, 6.07) is 73.2. The highest BCUT2D eigenvalue weighted by molar-refractivity contribution is 6.15. The molecule has 0 fully saturated rings. The van der Waals surface area contributed by atoms with E-state index in [9.17, 15) is 0 Å². The number of fused-ring (bicyclic) bond motifs is 10. The highest BCUT2D eigenvalue weighted by Crippen LogP contribution is 2.40. The lowest BCUT2D eigenvalue weighted by molar-refractivity contribution is 1.18. The van der Waals surface area contributed by atoms with Gasteiger partial charge in [0.15, 0.2) is 0 Å². The van der Waals surface area contributed by atoms with Gasteiger partial charge >= 0.3 is 0 Å². The molecule has 0 bridgehead atoms. The third-order valence-electron chi connectivity index (χ3n) is 11.6. The second-order valence-electron chi connectivity index (χ2n) is 14.6. The molecule has 0 atom stereocenters. The van der Waals surface area contributed by atoms with Crippen molar-refractivity contribution in [3.63, 3.8) is 0 Å². The van der Waals surface area contributed by atoms with Gasteiger partial charge in [0.25, 0.3) is 0 Å². The highest BCUT2D eigenvalue weighted by atomic mass is 15.0. The molecule has 3 heterocycles. The van der Waals surface area contributed by atoms with Gasteiger partial charge in [-0.05, 0) is 113 Å². The Hall–Kier alpha value is -7.36. The molecular weight excluding hydrogens is 667 g/mol. The summed E-state index contributed by atoms with van der Waals surface area (Å²) in [5, 5.41) is 10.0. The first-order valence-corrected chi connectivity index (χ1v) is 18.9. The molecule has 0 spiro atoms. The normalized spacial score (nSPS) is 12.0. The first kappa shape index (κ1) is 30.1. The molecule has 0 aliphatic carbocycles. The topological polar surface area (TPSA) is 14.8 Å². The van der Waals surface area contributed by atoms with Crippen LogP contribution in [0.2, 0.25) is 0 Å². The molecule has 0 saturated heterocycles. The number of rotatable bonds is 4. The van der Waals surface area contributed by atoms with Crippen molar-refractivity contribution in [1.82, 2.24) is 13.7 Å². The van der Waals surface area contributed by atoms with Gasteiger partial charge in [0.2, 0.25) is 0 Å². The minimum Gasteiger partial charge on any atom is -0.309 e. The average molecular weight is 700 g/mol. The second kappa shape index (κ2) is 11.6. The molecule has 3 aromatic heterocycles. The maximum Gasteiger partial charge on any atom is 0.0547 e. The Bertz CT molecular complexity index is 3470. The Morgan fingerprint density at radius 1 is 0.218 bits per heavy atom. The maximum absolute atomic E-state index is 2.43. The van der Waals surface area contributed by atoms with Gasteiger partial charge in [-0.25, -0.2) is 0 Å². The Morgan fingerprint density at radius 3 is 1.16 bits per heavy atom. The number of hydrogen-bond acceptors (Lipinski definition) is 0. The molecular formula is C52H33N3. The van der Waals surface area contributed by atoms with Gasteiger partial charge in [-0.1, -0.05) is 109 Å². The number of aromatic nitrogens is 3. The minimum absolute atomic E-state index is 1.16. The van der Waals surface area contributed by atoms with Gasteiger partial charge in [0.05, 0.1) is 33.1 Å². The van der Waals surface area contributed by atoms with Crippen LogP contribution < -0.4 is 0 Å². The summed E-state index contributed by atoms with van der Waals surface area (Å²) < 4.78 is 7.20.